The minimum atomic E-state index is -1.24. The summed E-state index contributed by atoms with van der Waals surface area (Å²) in [4.78, 5) is 18.6. The van der Waals surface area contributed by atoms with Crippen LogP contribution >= 0.6 is 11.6 Å². The van der Waals surface area contributed by atoms with Crippen LogP contribution in [0.4, 0.5) is 10.2 Å². The average Bonchev–Trinajstić information content (AvgIpc) is 3.23. The normalized spacial score (nSPS) is 26.5. The fraction of sp³-hybridized carbons (Fsp3) is 0.389. The molecule has 10 heteroatoms. The van der Waals surface area contributed by atoms with Crippen molar-refractivity contribution in [2.24, 2.45) is 9.98 Å². The number of aromatic nitrogens is 2. The average molecular weight is 469 g/mol. The second-order valence-electron chi connectivity index (χ2n) is 6.56. The van der Waals surface area contributed by atoms with Crippen LogP contribution in [0.15, 0.2) is 46.6 Å². The van der Waals surface area contributed by atoms with E-state index < -0.39 is 22.8 Å². The van der Waals surface area contributed by atoms with Gasteiger partial charge in [0.25, 0.3) is 0 Å². The van der Waals surface area contributed by atoms with E-state index in [2.05, 4.69) is 20.0 Å². The summed E-state index contributed by atoms with van der Waals surface area (Å²) in [7, 11) is 3.73. The summed E-state index contributed by atoms with van der Waals surface area (Å²) in [5.41, 5.74) is -0.178. The van der Waals surface area contributed by atoms with Crippen molar-refractivity contribution < 1.29 is 9.13 Å². The van der Waals surface area contributed by atoms with E-state index in [1.165, 1.54) is 6.33 Å². The van der Waals surface area contributed by atoms with Crippen LogP contribution in [-0.2, 0) is 4.74 Å². The molecule has 0 saturated carbocycles. The van der Waals surface area contributed by atoms with Gasteiger partial charge in [0, 0.05) is 0 Å². The molecule has 0 unspecified atom stereocenters. The molecule has 0 bridgehead atoms. The fourth-order valence-corrected chi connectivity index (χ4v) is 5.75. The SMILES string of the molecule is CN(C)C=Nc1ncnc2c1=NC[N+]=2[C@@H]1O[C@H](Cl)[C@@H]([Se]c2ccccc2)[C@@H]1F. The van der Waals surface area contributed by atoms with E-state index in [0.717, 1.165) is 4.46 Å². The Morgan fingerprint density at radius 2 is 2.11 bits per heavy atom. The Morgan fingerprint density at radius 1 is 1.32 bits per heavy atom. The molecule has 4 atom stereocenters. The van der Waals surface area contributed by atoms with Crippen molar-refractivity contribution in [3.63, 3.8) is 0 Å². The van der Waals surface area contributed by atoms with Crippen LogP contribution in [0, 0.1) is 0 Å². The van der Waals surface area contributed by atoms with Gasteiger partial charge in [-0.25, -0.2) is 0 Å². The topological polar surface area (TPSA) is 66.0 Å². The Kier molecular flexibility index (Phi) is 5.68. The van der Waals surface area contributed by atoms with E-state index in [1.54, 1.807) is 15.8 Å². The number of nitrogens with zero attached hydrogens (tertiary/aromatic N) is 6. The van der Waals surface area contributed by atoms with E-state index >= 15 is 4.39 Å². The molecule has 0 aliphatic carbocycles. The predicted molar refractivity (Wildman–Crippen MR) is 106 cm³/mol. The van der Waals surface area contributed by atoms with Gasteiger partial charge in [-0.1, -0.05) is 0 Å². The van der Waals surface area contributed by atoms with E-state index in [4.69, 9.17) is 16.3 Å². The maximum absolute atomic E-state index is 15.3. The molecular formula is C18H19ClFN6OSe+. The molecule has 0 spiro atoms. The molecule has 2 aromatic rings. The van der Waals surface area contributed by atoms with Crippen molar-refractivity contribution in [2.75, 3.05) is 20.8 Å². The van der Waals surface area contributed by atoms with E-state index in [0.29, 0.717) is 16.7 Å². The van der Waals surface area contributed by atoms with Crippen LogP contribution in [0.5, 0.6) is 0 Å². The Bertz CT molecular complexity index is 1000. The number of hydrogen-bond donors (Lipinski definition) is 0. The molecule has 7 nitrogen and oxygen atoms in total. The van der Waals surface area contributed by atoms with E-state index in [-0.39, 0.29) is 21.6 Å². The molecule has 28 heavy (non-hydrogen) atoms. The molecule has 3 heterocycles. The maximum atomic E-state index is 15.3. The minimum absolute atomic E-state index is 0.144. The number of benzene rings is 1. The first kappa shape index (κ1) is 19.4. The van der Waals surface area contributed by atoms with E-state index in [1.807, 2.05) is 44.4 Å². The molecular weight excluding hydrogens is 450 g/mol. The summed E-state index contributed by atoms with van der Waals surface area (Å²) < 4.78 is 23.9. The molecule has 0 N–H and O–H groups in total. The Morgan fingerprint density at radius 3 is 2.86 bits per heavy atom. The van der Waals surface area contributed by atoms with Crippen LogP contribution in [0.3, 0.4) is 0 Å². The fourth-order valence-electron chi connectivity index (χ4n) is 3.00. The summed E-state index contributed by atoms with van der Waals surface area (Å²) >= 11 is 6.23. The molecule has 1 saturated heterocycles. The van der Waals surface area contributed by atoms with Gasteiger partial charge in [0.15, 0.2) is 0 Å². The molecule has 1 aromatic heterocycles. The summed E-state index contributed by atoms with van der Waals surface area (Å²) in [6, 6.07) is 9.82. The van der Waals surface area contributed by atoms with Crippen LogP contribution < -0.4 is 19.9 Å². The van der Waals surface area contributed by atoms with Gasteiger partial charge in [-0.15, -0.1) is 0 Å². The van der Waals surface area contributed by atoms with Crippen LogP contribution in [-0.4, -0.2) is 74.9 Å². The number of hydrogen-bond acceptors (Lipinski definition) is 5. The standard InChI is InChI=1S/C18H19ClFN6OSe/c1-25(2)9-24-16-13-17(22-8-21-16)26(10-23-13)18-12(20)14(15(19)27-18)28-11-6-4-3-5-7-11/h3-9,12,14-15,18H,10H2,1-2H3/q+1/t12-,14-,15-,18+/m0/s1. The molecule has 2 aliphatic heterocycles. The van der Waals surface area contributed by atoms with Crippen molar-refractivity contribution >= 4 is 43.2 Å². The molecule has 1 aromatic carbocycles. The first-order valence-corrected chi connectivity index (χ1v) is 11.0. The molecule has 0 radical (unpaired) electrons. The Balaban J connectivity index is 1.64. The zero-order valence-electron chi connectivity index (χ0n) is 15.3. The number of ether oxygens (including phenoxy) is 1. The number of alkyl halides is 2. The third-order valence-corrected chi connectivity index (χ3v) is 7.77. The number of aliphatic imine (C=N–C) groups is 1. The summed E-state index contributed by atoms with van der Waals surface area (Å²) in [6.07, 6.45) is 0.968. The third kappa shape index (κ3) is 3.80. The van der Waals surface area contributed by atoms with Gasteiger partial charge in [0.1, 0.15) is 0 Å². The molecule has 146 valence electrons. The van der Waals surface area contributed by atoms with Gasteiger partial charge in [-0.05, 0) is 0 Å². The van der Waals surface area contributed by atoms with Gasteiger partial charge in [-0.2, -0.15) is 0 Å². The molecule has 1 fully saturated rings. The Hall–Kier alpha value is -1.93. The van der Waals surface area contributed by atoms with Crippen molar-refractivity contribution in [3.8, 4) is 0 Å². The first-order chi connectivity index (χ1) is 13.5. The van der Waals surface area contributed by atoms with Crippen LogP contribution in [0.25, 0.3) is 0 Å². The Labute approximate surface area is 172 Å². The van der Waals surface area contributed by atoms with Gasteiger partial charge >= 0.3 is 173 Å². The van der Waals surface area contributed by atoms with Crippen LogP contribution in [0.2, 0.25) is 4.82 Å². The zero-order chi connectivity index (χ0) is 19.7. The van der Waals surface area contributed by atoms with Gasteiger partial charge in [-0.3, -0.25) is 0 Å². The van der Waals surface area contributed by atoms with Gasteiger partial charge < -0.3 is 0 Å². The van der Waals surface area contributed by atoms with Crippen molar-refractivity contribution in [1.82, 2.24) is 19.4 Å². The number of halogens is 2. The second-order valence-corrected chi connectivity index (χ2v) is 9.62. The summed E-state index contributed by atoms with van der Waals surface area (Å²) in [6.45, 7) is 0.234. The first-order valence-electron chi connectivity index (χ1n) is 8.69. The number of rotatable bonds is 5. The summed E-state index contributed by atoms with van der Waals surface area (Å²) in [5, 5.41) is 0.541. The van der Waals surface area contributed by atoms with Crippen LogP contribution in [0.1, 0.15) is 0 Å². The second kappa shape index (κ2) is 8.21. The summed E-state index contributed by atoms with van der Waals surface area (Å²) in [5.74, 6) is 0.446. The van der Waals surface area contributed by atoms with Gasteiger partial charge in [0.2, 0.25) is 0 Å². The predicted octanol–water partition coefficient (Wildman–Crippen LogP) is -0.143. The van der Waals surface area contributed by atoms with Crippen molar-refractivity contribution in [3.05, 3.63) is 47.5 Å². The monoisotopic (exact) mass is 469 g/mol. The third-order valence-electron chi connectivity index (χ3n) is 4.28. The van der Waals surface area contributed by atoms with Crippen molar-refractivity contribution in [1.29, 1.82) is 0 Å². The number of fused-ring (bicyclic) bond motifs is 1. The van der Waals surface area contributed by atoms with Gasteiger partial charge in [0.05, 0.1) is 0 Å². The van der Waals surface area contributed by atoms with Crippen molar-refractivity contribution in [2.45, 2.75) is 22.8 Å². The molecule has 2 aliphatic rings. The molecule has 4 rings (SSSR count). The molecule has 0 amide bonds. The quantitative estimate of drug-likeness (QED) is 0.201. The zero-order valence-corrected chi connectivity index (χ0v) is 17.8. The van der Waals surface area contributed by atoms with E-state index in [9.17, 15) is 0 Å².